The number of Topliss-reactive ketones (excluding diaryl/α,β-unsaturated/α-hetero) is 2. The van der Waals surface area contributed by atoms with E-state index in [-0.39, 0.29) is 29.7 Å². The average molecular weight is 572 g/mol. The molecule has 0 aliphatic heterocycles. The predicted octanol–water partition coefficient (Wildman–Crippen LogP) is 1.84. The lowest BCUT2D eigenvalue weighted by molar-refractivity contribution is -0.153. The highest BCUT2D eigenvalue weighted by molar-refractivity contribution is 6.24. The fourth-order valence-corrected chi connectivity index (χ4v) is 6.76. The fraction of sp³-hybridized carbons (Fsp3) is 0.567. The minimum Gasteiger partial charge on any atom is -0.508 e. The van der Waals surface area contributed by atoms with E-state index >= 15 is 0 Å². The fourth-order valence-electron chi connectivity index (χ4n) is 6.76. The van der Waals surface area contributed by atoms with Crippen molar-refractivity contribution < 1.29 is 39.5 Å². The molecule has 6 N–H and O–H groups in total. The molecule has 0 spiro atoms. The van der Waals surface area contributed by atoms with Crippen molar-refractivity contribution in [3.05, 3.63) is 39.7 Å². The van der Waals surface area contributed by atoms with Crippen LogP contribution in [0.2, 0.25) is 0 Å². The maximum absolute atomic E-state index is 14.0. The van der Waals surface area contributed by atoms with E-state index in [0.717, 1.165) is 25.1 Å². The van der Waals surface area contributed by atoms with Crippen LogP contribution in [0.3, 0.4) is 0 Å². The van der Waals surface area contributed by atoms with Gasteiger partial charge in [0, 0.05) is 29.2 Å². The molecule has 0 aromatic heterocycles. The van der Waals surface area contributed by atoms with E-state index < -0.39 is 58.0 Å². The molecule has 1 fully saturated rings. The molecule has 3 aliphatic rings. The quantitative estimate of drug-likeness (QED) is 0.275. The molecule has 0 saturated heterocycles. The number of hydrogen-bond donors (Lipinski definition) is 5. The van der Waals surface area contributed by atoms with Crippen molar-refractivity contribution >= 4 is 23.2 Å². The normalized spacial score (nSPS) is 26.0. The van der Waals surface area contributed by atoms with Crippen molar-refractivity contribution in [3.63, 3.8) is 0 Å². The Hall–Kier alpha value is -3.41. The molecule has 1 amide bonds. The van der Waals surface area contributed by atoms with Crippen LogP contribution in [0.5, 0.6) is 11.5 Å². The van der Waals surface area contributed by atoms with Gasteiger partial charge < -0.3 is 30.9 Å². The number of phenols is 1. The van der Waals surface area contributed by atoms with Gasteiger partial charge in [-0.2, -0.15) is 0 Å². The molecule has 11 heteroatoms. The topological polar surface area (TPSA) is 174 Å². The number of aliphatic hydroxyl groups is 3. The summed E-state index contributed by atoms with van der Waals surface area (Å²) in [5, 5.41) is 45.2. The first-order chi connectivity index (χ1) is 19.2. The minimum absolute atomic E-state index is 0.0205. The zero-order valence-electron chi connectivity index (χ0n) is 24.5. The van der Waals surface area contributed by atoms with E-state index in [2.05, 4.69) is 25.7 Å². The van der Waals surface area contributed by atoms with Crippen LogP contribution in [0.4, 0.5) is 0 Å². The number of carbonyl (C=O) groups is 3. The van der Waals surface area contributed by atoms with Crippen LogP contribution >= 0.6 is 0 Å². The molecule has 0 heterocycles. The second kappa shape index (κ2) is 11.1. The number of phenolic OH excluding ortho intramolecular Hbond substituents is 1. The van der Waals surface area contributed by atoms with Crippen molar-refractivity contribution in [2.75, 3.05) is 34.3 Å². The van der Waals surface area contributed by atoms with Gasteiger partial charge in [0.15, 0.2) is 11.4 Å². The van der Waals surface area contributed by atoms with Crippen LogP contribution < -0.4 is 10.5 Å². The third kappa shape index (κ3) is 4.79. The molecule has 0 radical (unpaired) electrons. The lowest BCUT2D eigenvalue weighted by Crippen LogP contribution is -2.65. The summed E-state index contributed by atoms with van der Waals surface area (Å²) in [5.74, 6) is -5.75. The SMILES string of the molecule is CCN(CCC(C)C)Cc1cc(O)c2c(c1OC)C[C@H]1C[C@H]3[C@H](N(C)C)C(=O)C(C(N)=O)=C(O)[C@@]3(O)C(=O)C1=C2O. The molecule has 224 valence electrons. The van der Waals surface area contributed by atoms with E-state index in [4.69, 9.17) is 10.5 Å². The Balaban J connectivity index is 1.86. The van der Waals surface area contributed by atoms with Gasteiger partial charge in [0.1, 0.15) is 28.6 Å². The highest BCUT2D eigenvalue weighted by atomic mass is 16.5. The number of benzene rings is 1. The number of aliphatic hydroxyl groups excluding tert-OH is 2. The monoisotopic (exact) mass is 571 g/mol. The van der Waals surface area contributed by atoms with Crippen molar-refractivity contribution in [2.45, 2.75) is 58.2 Å². The summed E-state index contributed by atoms with van der Waals surface area (Å²) in [5.41, 5.74) is 2.96. The van der Waals surface area contributed by atoms with E-state index in [0.29, 0.717) is 23.8 Å². The number of rotatable bonds is 9. The Morgan fingerprint density at radius 1 is 1.22 bits per heavy atom. The maximum atomic E-state index is 14.0. The third-order valence-corrected chi connectivity index (χ3v) is 8.82. The first-order valence-corrected chi connectivity index (χ1v) is 14.0. The Morgan fingerprint density at radius 3 is 2.41 bits per heavy atom. The highest BCUT2D eigenvalue weighted by Gasteiger charge is 2.64. The number of likely N-dealkylation sites (N-methyl/N-ethyl adjacent to an activating group) is 1. The van der Waals surface area contributed by atoms with Gasteiger partial charge in [-0.15, -0.1) is 0 Å². The Labute approximate surface area is 239 Å². The Kier molecular flexibility index (Phi) is 8.28. The molecule has 11 nitrogen and oxygen atoms in total. The molecule has 3 aliphatic carbocycles. The van der Waals surface area contributed by atoms with Gasteiger partial charge in [0.25, 0.3) is 5.91 Å². The van der Waals surface area contributed by atoms with Crippen molar-refractivity contribution in [2.24, 2.45) is 23.5 Å². The zero-order valence-corrected chi connectivity index (χ0v) is 24.5. The summed E-state index contributed by atoms with van der Waals surface area (Å²) < 4.78 is 5.82. The van der Waals surface area contributed by atoms with Crippen LogP contribution in [0.25, 0.3) is 5.76 Å². The van der Waals surface area contributed by atoms with Crippen LogP contribution in [-0.2, 0) is 27.3 Å². The molecule has 1 aromatic carbocycles. The summed E-state index contributed by atoms with van der Waals surface area (Å²) in [6.45, 7) is 8.51. The van der Waals surface area contributed by atoms with Crippen molar-refractivity contribution in [3.8, 4) is 11.5 Å². The predicted molar refractivity (Wildman–Crippen MR) is 151 cm³/mol. The van der Waals surface area contributed by atoms with Crippen molar-refractivity contribution in [1.82, 2.24) is 9.80 Å². The Morgan fingerprint density at radius 2 is 1.88 bits per heavy atom. The first-order valence-electron chi connectivity index (χ1n) is 14.0. The minimum atomic E-state index is -2.66. The average Bonchev–Trinajstić information content (AvgIpc) is 2.88. The molecular weight excluding hydrogens is 530 g/mol. The molecule has 41 heavy (non-hydrogen) atoms. The zero-order chi connectivity index (χ0) is 30.5. The standard InChI is InChI=1S/C30H41N3O8/c1-7-33(9-8-14(2)3)13-16-12-19(34)21-17(26(16)41-6)10-15-11-18-23(32(4)5)25(36)22(29(31)39)28(38)30(18,40)27(37)20(15)24(21)35/h12,14-15,18,23,34-35,38,40H,7-11,13H2,1-6H3,(H2,31,39)/t15-,18-,23-,30-/m0/s1. The lowest BCUT2D eigenvalue weighted by atomic mass is 9.57. The summed E-state index contributed by atoms with van der Waals surface area (Å²) in [7, 11) is 4.65. The number of aromatic hydroxyl groups is 1. The largest absolute Gasteiger partial charge is 0.508 e. The third-order valence-electron chi connectivity index (χ3n) is 8.82. The second-order valence-corrected chi connectivity index (χ2v) is 12.0. The number of nitrogens with zero attached hydrogens (tertiary/aromatic N) is 2. The number of fused-ring (bicyclic) bond motifs is 3. The van der Waals surface area contributed by atoms with Gasteiger partial charge in [0.05, 0.1) is 18.7 Å². The molecule has 1 aromatic rings. The summed E-state index contributed by atoms with van der Waals surface area (Å²) in [4.78, 5) is 43.1. The number of nitrogens with two attached hydrogens (primary N) is 1. The molecule has 1 saturated carbocycles. The van der Waals surface area contributed by atoms with Crippen molar-refractivity contribution in [1.29, 1.82) is 0 Å². The summed E-state index contributed by atoms with van der Waals surface area (Å²) in [6.07, 6.45) is 1.20. The molecule has 0 unspecified atom stereocenters. The van der Waals surface area contributed by atoms with Gasteiger partial charge in [-0.05, 0) is 64.3 Å². The number of methoxy groups -OCH3 is 1. The maximum Gasteiger partial charge on any atom is 0.255 e. The molecule has 4 atom stereocenters. The summed E-state index contributed by atoms with van der Waals surface area (Å²) in [6, 6.07) is 0.384. The highest BCUT2D eigenvalue weighted by Crippen LogP contribution is 2.54. The number of ether oxygens (including phenoxy) is 1. The number of primary amides is 1. The van der Waals surface area contributed by atoms with Crippen LogP contribution in [0.1, 0.15) is 50.3 Å². The van der Waals surface area contributed by atoms with Gasteiger partial charge in [0.2, 0.25) is 5.78 Å². The first kappa shape index (κ1) is 30.5. The molecule has 0 bridgehead atoms. The number of carbonyl (C=O) groups excluding carboxylic acids is 3. The van der Waals surface area contributed by atoms with Gasteiger partial charge >= 0.3 is 0 Å². The van der Waals surface area contributed by atoms with Crippen LogP contribution in [0, 0.1) is 17.8 Å². The van der Waals surface area contributed by atoms with Crippen LogP contribution in [0.15, 0.2) is 23.0 Å². The van der Waals surface area contributed by atoms with Gasteiger partial charge in [-0.25, -0.2) is 0 Å². The van der Waals surface area contributed by atoms with E-state index in [1.807, 2.05) is 0 Å². The molecular formula is C30H41N3O8. The lowest BCUT2D eigenvalue weighted by Gasteiger charge is -2.50. The number of ketones is 2. The van der Waals surface area contributed by atoms with E-state index in [1.54, 1.807) is 14.1 Å². The van der Waals surface area contributed by atoms with Crippen LogP contribution in [-0.4, -0.2) is 93.6 Å². The number of amides is 1. The summed E-state index contributed by atoms with van der Waals surface area (Å²) >= 11 is 0. The van der Waals surface area contributed by atoms with E-state index in [1.165, 1.54) is 18.1 Å². The second-order valence-electron chi connectivity index (χ2n) is 12.0. The Bertz CT molecular complexity index is 1350. The number of hydrogen-bond acceptors (Lipinski definition) is 10. The van der Waals surface area contributed by atoms with Gasteiger partial charge in [-0.1, -0.05) is 20.8 Å². The molecule has 4 rings (SSSR count). The van der Waals surface area contributed by atoms with E-state index in [9.17, 15) is 34.8 Å². The smallest absolute Gasteiger partial charge is 0.255 e. The van der Waals surface area contributed by atoms with Gasteiger partial charge in [-0.3, -0.25) is 24.2 Å².